The predicted molar refractivity (Wildman–Crippen MR) is 84.7 cm³/mol. The number of rotatable bonds is 4. The van der Waals surface area contributed by atoms with Crippen LogP contribution in [0.2, 0.25) is 0 Å². The average Bonchev–Trinajstić information content (AvgIpc) is 2.58. The van der Waals surface area contributed by atoms with Gasteiger partial charge in [0.1, 0.15) is 12.4 Å². The lowest BCUT2D eigenvalue weighted by Crippen LogP contribution is -2.26. The third-order valence-electron chi connectivity index (χ3n) is 3.41. The summed E-state index contributed by atoms with van der Waals surface area (Å²) in [4.78, 5) is 24.1. The van der Waals surface area contributed by atoms with Gasteiger partial charge < -0.3 is 0 Å². The van der Waals surface area contributed by atoms with Crippen LogP contribution in [0, 0.1) is 5.82 Å². The van der Waals surface area contributed by atoms with Crippen molar-refractivity contribution in [3.8, 4) is 11.3 Å². The number of halogens is 1. The number of hydrogen-bond donors (Lipinski definition) is 0. The lowest BCUT2D eigenvalue weighted by molar-refractivity contribution is 0.0966. The summed E-state index contributed by atoms with van der Waals surface area (Å²) < 4.78 is 14.9. The van der Waals surface area contributed by atoms with Gasteiger partial charge in [0, 0.05) is 17.2 Å². The molecule has 0 aliphatic carbocycles. The summed E-state index contributed by atoms with van der Waals surface area (Å²) in [5.74, 6) is -0.662. The van der Waals surface area contributed by atoms with Gasteiger partial charge in [0.25, 0.3) is 5.56 Å². The van der Waals surface area contributed by atoms with Crippen molar-refractivity contribution in [3.05, 3.63) is 88.5 Å². The first kappa shape index (κ1) is 14.8. The van der Waals surface area contributed by atoms with Gasteiger partial charge in [-0.3, -0.25) is 9.59 Å². The van der Waals surface area contributed by atoms with Crippen LogP contribution >= 0.6 is 0 Å². The molecule has 0 spiro atoms. The summed E-state index contributed by atoms with van der Waals surface area (Å²) in [5.41, 5.74) is 0.684. The Hall–Kier alpha value is -3.08. The van der Waals surface area contributed by atoms with Crippen LogP contribution in [0.1, 0.15) is 10.4 Å². The Labute approximate surface area is 131 Å². The summed E-state index contributed by atoms with van der Waals surface area (Å²) in [6.45, 7) is -0.189. The van der Waals surface area contributed by atoms with E-state index in [2.05, 4.69) is 5.10 Å². The molecule has 0 aliphatic rings. The van der Waals surface area contributed by atoms with E-state index in [4.69, 9.17) is 0 Å². The molecule has 4 nitrogen and oxygen atoms in total. The molecule has 0 fully saturated rings. The van der Waals surface area contributed by atoms with Gasteiger partial charge in [-0.1, -0.05) is 42.5 Å². The van der Waals surface area contributed by atoms with Gasteiger partial charge in [-0.15, -0.1) is 0 Å². The molecule has 0 unspecified atom stereocenters. The van der Waals surface area contributed by atoms with Crippen LogP contribution in [0.3, 0.4) is 0 Å². The molecule has 2 aromatic carbocycles. The summed E-state index contributed by atoms with van der Waals surface area (Å²) in [6, 6.07) is 17.5. The molecule has 1 heterocycles. The molecule has 1 aromatic heterocycles. The van der Waals surface area contributed by atoms with E-state index in [0.717, 1.165) is 4.68 Å². The van der Waals surface area contributed by atoms with E-state index in [1.165, 1.54) is 18.2 Å². The molecular formula is C18H13FN2O2. The second-order valence-corrected chi connectivity index (χ2v) is 4.98. The Morgan fingerprint density at radius 3 is 2.39 bits per heavy atom. The van der Waals surface area contributed by atoms with E-state index in [-0.39, 0.29) is 17.9 Å². The number of carbonyl (C=O) groups is 1. The molecule has 0 amide bonds. The minimum atomic E-state index is -0.431. The van der Waals surface area contributed by atoms with Gasteiger partial charge in [0.2, 0.25) is 0 Å². The predicted octanol–water partition coefficient (Wildman–Crippen LogP) is 2.93. The van der Waals surface area contributed by atoms with Crippen LogP contribution in [0.4, 0.5) is 4.39 Å². The van der Waals surface area contributed by atoms with Crippen molar-refractivity contribution < 1.29 is 9.18 Å². The lowest BCUT2D eigenvalue weighted by atomic mass is 10.1. The second kappa shape index (κ2) is 6.36. The van der Waals surface area contributed by atoms with Gasteiger partial charge in [-0.05, 0) is 18.2 Å². The van der Waals surface area contributed by atoms with Crippen molar-refractivity contribution in [1.82, 2.24) is 9.78 Å². The monoisotopic (exact) mass is 308 g/mol. The highest BCUT2D eigenvalue weighted by Crippen LogP contribution is 2.18. The second-order valence-electron chi connectivity index (χ2n) is 4.98. The first-order valence-corrected chi connectivity index (χ1v) is 7.06. The fraction of sp³-hybridized carbons (Fsp3) is 0.0556. The summed E-state index contributed by atoms with van der Waals surface area (Å²) in [6.07, 6.45) is 0. The average molecular weight is 308 g/mol. The third kappa shape index (κ3) is 3.23. The Morgan fingerprint density at radius 2 is 1.65 bits per heavy atom. The molecule has 5 heteroatoms. The summed E-state index contributed by atoms with van der Waals surface area (Å²) in [5, 5.41) is 4.11. The van der Waals surface area contributed by atoms with E-state index in [0.29, 0.717) is 11.3 Å². The van der Waals surface area contributed by atoms with E-state index >= 15 is 0 Å². The fourth-order valence-electron chi connectivity index (χ4n) is 2.23. The third-order valence-corrected chi connectivity index (χ3v) is 3.41. The molecule has 3 rings (SSSR count). The van der Waals surface area contributed by atoms with Crippen LogP contribution in [-0.2, 0) is 6.54 Å². The number of hydrogen-bond acceptors (Lipinski definition) is 3. The van der Waals surface area contributed by atoms with E-state index in [9.17, 15) is 14.0 Å². The quantitative estimate of drug-likeness (QED) is 0.696. The number of ketones is 1. The molecular weight excluding hydrogens is 295 g/mol. The molecule has 0 atom stereocenters. The number of carbonyl (C=O) groups excluding carboxylic acids is 1. The SMILES string of the molecule is O=C(Cn1nc(-c2ccccc2F)ccc1=O)c1ccccc1. The largest absolute Gasteiger partial charge is 0.292 e. The van der Waals surface area contributed by atoms with Crippen molar-refractivity contribution in [2.24, 2.45) is 0 Å². The van der Waals surface area contributed by atoms with Crippen molar-refractivity contribution in [3.63, 3.8) is 0 Å². The van der Waals surface area contributed by atoms with Crippen molar-refractivity contribution in [2.75, 3.05) is 0 Å². The van der Waals surface area contributed by atoms with Gasteiger partial charge in [0.15, 0.2) is 5.78 Å². The molecule has 0 N–H and O–H groups in total. The minimum absolute atomic E-state index is 0.189. The van der Waals surface area contributed by atoms with Crippen LogP contribution in [0.5, 0.6) is 0 Å². The smallest absolute Gasteiger partial charge is 0.267 e. The Bertz CT molecular complexity index is 904. The highest BCUT2D eigenvalue weighted by Gasteiger charge is 2.11. The number of Topliss-reactive ketones (excluding diaryl/α,β-unsaturated/α-hetero) is 1. The summed E-state index contributed by atoms with van der Waals surface area (Å²) in [7, 11) is 0. The molecule has 0 bridgehead atoms. The molecule has 3 aromatic rings. The van der Waals surface area contributed by atoms with Crippen molar-refractivity contribution in [1.29, 1.82) is 0 Å². The van der Waals surface area contributed by atoms with Crippen molar-refractivity contribution >= 4 is 5.78 Å². The topological polar surface area (TPSA) is 52.0 Å². The molecule has 114 valence electrons. The fourth-order valence-corrected chi connectivity index (χ4v) is 2.23. The number of benzene rings is 2. The molecule has 0 radical (unpaired) electrons. The molecule has 0 saturated carbocycles. The van der Waals surface area contributed by atoms with Crippen LogP contribution < -0.4 is 5.56 Å². The lowest BCUT2D eigenvalue weighted by Gasteiger charge is -2.07. The first-order chi connectivity index (χ1) is 11.1. The van der Waals surface area contributed by atoms with Gasteiger partial charge in [-0.25, -0.2) is 9.07 Å². The van der Waals surface area contributed by atoms with Gasteiger partial charge in [-0.2, -0.15) is 5.10 Å². The number of nitrogens with zero attached hydrogens (tertiary/aromatic N) is 2. The normalized spacial score (nSPS) is 10.5. The van der Waals surface area contributed by atoms with E-state index < -0.39 is 11.4 Å². The maximum atomic E-state index is 13.8. The van der Waals surface area contributed by atoms with Gasteiger partial charge >= 0.3 is 0 Å². The summed E-state index contributed by atoms with van der Waals surface area (Å²) >= 11 is 0. The van der Waals surface area contributed by atoms with Gasteiger partial charge in [0.05, 0.1) is 5.69 Å². The van der Waals surface area contributed by atoms with E-state index in [1.54, 1.807) is 48.5 Å². The maximum absolute atomic E-state index is 13.8. The first-order valence-electron chi connectivity index (χ1n) is 7.06. The highest BCUT2D eigenvalue weighted by atomic mass is 19.1. The Balaban J connectivity index is 1.94. The Kier molecular flexibility index (Phi) is 4.10. The van der Waals surface area contributed by atoms with Crippen LogP contribution in [0.15, 0.2) is 71.5 Å². The maximum Gasteiger partial charge on any atom is 0.267 e. The zero-order valence-electron chi connectivity index (χ0n) is 12.1. The molecule has 0 saturated heterocycles. The van der Waals surface area contributed by atoms with E-state index in [1.807, 2.05) is 0 Å². The van der Waals surface area contributed by atoms with Crippen LogP contribution in [0.25, 0.3) is 11.3 Å². The number of aromatic nitrogens is 2. The highest BCUT2D eigenvalue weighted by molar-refractivity contribution is 5.95. The zero-order chi connectivity index (χ0) is 16.2. The zero-order valence-corrected chi connectivity index (χ0v) is 12.1. The van der Waals surface area contributed by atoms with Crippen LogP contribution in [-0.4, -0.2) is 15.6 Å². The standard InChI is InChI=1S/C18H13FN2O2/c19-15-9-5-4-8-14(15)16-10-11-18(23)21(20-16)12-17(22)13-6-2-1-3-7-13/h1-11H,12H2. The van der Waals surface area contributed by atoms with Crippen molar-refractivity contribution in [2.45, 2.75) is 6.54 Å². The molecule has 23 heavy (non-hydrogen) atoms. The minimum Gasteiger partial charge on any atom is -0.292 e. The molecule has 0 aliphatic heterocycles. The Morgan fingerprint density at radius 1 is 0.957 bits per heavy atom.